The summed E-state index contributed by atoms with van der Waals surface area (Å²) in [7, 11) is -3.07. The van der Waals surface area contributed by atoms with Crippen molar-refractivity contribution in [1.29, 1.82) is 0 Å². The maximum Gasteiger partial charge on any atom is 0.173 e. The second kappa shape index (κ2) is 3.76. The van der Waals surface area contributed by atoms with Crippen molar-refractivity contribution in [2.24, 2.45) is 11.7 Å². The van der Waals surface area contributed by atoms with Crippen LogP contribution >= 0.6 is 0 Å². The van der Waals surface area contributed by atoms with E-state index in [-0.39, 0.29) is 11.7 Å². The van der Waals surface area contributed by atoms with Crippen LogP contribution in [0.25, 0.3) is 0 Å². The molecule has 2 N–H and O–H groups in total. The molecule has 66 valence electrons. The Bertz CT molecular complexity index is 235. The minimum absolute atomic E-state index is 0.149. The molecule has 0 heterocycles. The minimum atomic E-state index is -3.07. The second-order valence-corrected chi connectivity index (χ2v) is 4.98. The zero-order chi connectivity index (χ0) is 9.07. The van der Waals surface area contributed by atoms with Gasteiger partial charge in [-0.05, 0) is 12.8 Å². The van der Waals surface area contributed by atoms with Gasteiger partial charge in [-0.3, -0.25) is 0 Å². The molecule has 0 aliphatic carbocycles. The van der Waals surface area contributed by atoms with E-state index in [1.54, 1.807) is 6.92 Å². The van der Waals surface area contributed by atoms with Crippen LogP contribution in [0.4, 0.5) is 0 Å². The van der Waals surface area contributed by atoms with Crippen LogP contribution in [0.15, 0.2) is 11.1 Å². The molecule has 0 saturated heterocycles. The molecule has 0 saturated carbocycles. The van der Waals surface area contributed by atoms with Crippen molar-refractivity contribution in [2.45, 2.75) is 20.8 Å². The molecule has 0 amide bonds. The van der Waals surface area contributed by atoms with Gasteiger partial charge < -0.3 is 5.73 Å². The van der Waals surface area contributed by atoms with Crippen molar-refractivity contribution in [1.82, 2.24) is 0 Å². The molecule has 0 aromatic heterocycles. The number of hydrogen-bond acceptors (Lipinski definition) is 3. The van der Waals surface area contributed by atoms with Crippen molar-refractivity contribution in [3.63, 3.8) is 0 Å². The zero-order valence-electron chi connectivity index (χ0n) is 7.16. The molecule has 0 spiro atoms. The van der Waals surface area contributed by atoms with Crippen LogP contribution in [-0.2, 0) is 9.84 Å². The van der Waals surface area contributed by atoms with Crippen molar-refractivity contribution >= 4 is 9.84 Å². The van der Waals surface area contributed by atoms with Crippen LogP contribution < -0.4 is 5.73 Å². The summed E-state index contributed by atoms with van der Waals surface area (Å²) in [6, 6.07) is 0. The molecule has 0 rings (SSSR count). The maximum atomic E-state index is 11.1. The van der Waals surface area contributed by atoms with E-state index >= 15 is 0 Å². The lowest BCUT2D eigenvalue weighted by atomic mass is 10.3. The minimum Gasteiger partial charge on any atom is -0.402 e. The highest BCUT2D eigenvalue weighted by Crippen LogP contribution is 2.02. The fraction of sp³-hybridized carbons (Fsp3) is 0.714. The molecule has 0 unspecified atom stereocenters. The summed E-state index contributed by atoms with van der Waals surface area (Å²) >= 11 is 0. The van der Waals surface area contributed by atoms with Gasteiger partial charge >= 0.3 is 0 Å². The maximum absolute atomic E-state index is 11.1. The van der Waals surface area contributed by atoms with E-state index in [1.165, 1.54) is 0 Å². The Hall–Kier alpha value is -0.510. The van der Waals surface area contributed by atoms with E-state index in [2.05, 4.69) is 0 Å². The van der Waals surface area contributed by atoms with E-state index in [1.807, 2.05) is 13.8 Å². The van der Waals surface area contributed by atoms with Gasteiger partial charge in [-0.25, -0.2) is 8.42 Å². The zero-order valence-corrected chi connectivity index (χ0v) is 7.98. The molecule has 11 heavy (non-hydrogen) atoms. The first-order chi connectivity index (χ1) is 4.83. The Morgan fingerprint density at radius 3 is 2.27 bits per heavy atom. The van der Waals surface area contributed by atoms with Gasteiger partial charge in [-0.1, -0.05) is 13.8 Å². The summed E-state index contributed by atoms with van der Waals surface area (Å²) in [5.74, 6) is 0.317. The van der Waals surface area contributed by atoms with Gasteiger partial charge in [0.15, 0.2) is 9.84 Å². The van der Waals surface area contributed by atoms with Crippen molar-refractivity contribution in [2.75, 3.05) is 5.75 Å². The number of hydrogen-bond donors (Lipinski definition) is 1. The lowest BCUT2D eigenvalue weighted by Gasteiger charge is -2.01. The van der Waals surface area contributed by atoms with Crippen molar-refractivity contribution < 1.29 is 8.42 Å². The highest BCUT2D eigenvalue weighted by Gasteiger charge is 2.08. The molecule has 0 aromatic carbocycles. The molecule has 4 heteroatoms. The van der Waals surface area contributed by atoms with Gasteiger partial charge in [-0.15, -0.1) is 0 Å². The molecular formula is C7H15NO2S. The molecular weight excluding hydrogens is 162 g/mol. The molecule has 3 nitrogen and oxygen atoms in total. The molecule has 0 aliphatic heterocycles. The average molecular weight is 177 g/mol. The topological polar surface area (TPSA) is 60.2 Å². The van der Waals surface area contributed by atoms with Crippen LogP contribution in [0.5, 0.6) is 0 Å². The number of rotatable bonds is 3. The SMILES string of the molecule is CC(N)=CS(=O)(=O)CC(C)C. The van der Waals surface area contributed by atoms with E-state index in [0.29, 0.717) is 5.70 Å². The third-order valence-corrected chi connectivity index (χ3v) is 2.79. The Morgan fingerprint density at radius 2 is 2.00 bits per heavy atom. The Balaban J connectivity index is 4.38. The molecule has 0 radical (unpaired) electrons. The first-order valence-corrected chi connectivity index (χ1v) is 5.21. The lowest BCUT2D eigenvalue weighted by Crippen LogP contribution is -2.10. The highest BCUT2D eigenvalue weighted by molar-refractivity contribution is 7.94. The summed E-state index contributed by atoms with van der Waals surface area (Å²) in [5.41, 5.74) is 5.57. The van der Waals surface area contributed by atoms with E-state index < -0.39 is 9.84 Å². The Kier molecular flexibility index (Phi) is 3.58. The largest absolute Gasteiger partial charge is 0.402 e. The quantitative estimate of drug-likeness (QED) is 0.696. The van der Waals surface area contributed by atoms with Crippen LogP contribution in [0.2, 0.25) is 0 Å². The molecule has 0 bridgehead atoms. The summed E-state index contributed by atoms with van der Waals surface area (Å²) in [6.07, 6.45) is 0. The summed E-state index contributed by atoms with van der Waals surface area (Å²) in [6.45, 7) is 5.28. The predicted molar refractivity (Wildman–Crippen MR) is 46.6 cm³/mol. The number of nitrogens with two attached hydrogens (primary N) is 1. The second-order valence-electron chi connectivity index (χ2n) is 3.09. The van der Waals surface area contributed by atoms with E-state index in [0.717, 1.165) is 5.41 Å². The Morgan fingerprint density at radius 1 is 1.55 bits per heavy atom. The number of allylic oxidation sites excluding steroid dienone is 1. The monoisotopic (exact) mass is 177 g/mol. The predicted octanol–water partition coefficient (Wildman–Crippen LogP) is 0.877. The van der Waals surface area contributed by atoms with Gasteiger partial charge in [0.25, 0.3) is 0 Å². The van der Waals surface area contributed by atoms with Crippen molar-refractivity contribution in [3.05, 3.63) is 11.1 Å². The van der Waals surface area contributed by atoms with Gasteiger partial charge in [0, 0.05) is 11.1 Å². The van der Waals surface area contributed by atoms with E-state index in [9.17, 15) is 8.42 Å². The van der Waals surface area contributed by atoms with Gasteiger partial charge in [0.2, 0.25) is 0 Å². The van der Waals surface area contributed by atoms with Crippen LogP contribution in [0, 0.1) is 5.92 Å². The summed E-state index contributed by atoms with van der Waals surface area (Å²) in [4.78, 5) is 0. The highest BCUT2D eigenvalue weighted by atomic mass is 32.2. The van der Waals surface area contributed by atoms with Gasteiger partial charge in [0.1, 0.15) is 0 Å². The fourth-order valence-corrected chi connectivity index (χ4v) is 2.39. The van der Waals surface area contributed by atoms with Crippen LogP contribution in [-0.4, -0.2) is 14.2 Å². The third-order valence-electron chi connectivity index (χ3n) is 0.931. The van der Waals surface area contributed by atoms with Crippen LogP contribution in [0.1, 0.15) is 20.8 Å². The van der Waals surface area contributed by atoms with Crippen molar-refractivity contribution in [3.8, 4) is 0 Å². The average Bonchev–Trinajstić information content (AvgIpc) is 1.53. The van der Waals surface area contributed by atoms with Gasteiger partial charge in [0.05, 0.1) is 5.75 Å². The van der Waals surface area contributed by atoms with Crippen LogP contribution in [0.3, 0.4) is 0 Å². The fourth-order valence-electron chi connectivity index (χ4n) is 0.796. The third kappa shape index (κ3) is 5.91. The summed E-state index contributed by atoms with van der Waals surface area (Å²) < 4.78 is 22.2. The standard InChI is InChI=1S/C7H15NO2S/c1-6(2)4-11(9,10)5-7(3)8/h5-6H,4,8H2,1-3H3. The lowest BCUT2D eigenvalue weighted by molar-refractivity contribution is 0.591. The van der Waals surface area contributed by atoms with E-state index in [4.69, 9.17) is 5.73 Å². The Labute approximate surface area is 68.2 Å². The smallest absolute Gasteiger partial charge is 0.173 e. The molecule has 0 aromatic rings. The first kappa shape index (κ1) is 10.5. The summed E-state index contributed by atoms with van der Waals surface area (Å²) in [5, 5.41) is 1.12. The number of sulfone groups is 1. The molecule has 0 fully saturated rings. The van der Waals surface area contributed by atoms with Gasteiger partial charge in [-0.2, -0.15) is 0 Å². The molecule has 0 atom stereocenters. The normalized spacial score (nSPS) is 14.0. The molecule has 0 aliphatic rings. The first-order valence-electron chi connectivity index (χ1n) is 3.50.